The van der Waals surface area contributed by atoms with Gasteiger partial charge < -0.3 is 19.9 Å². The molecule has 0 saturated carbocycles. The number of ketones is 1. The summed E-state index contributed by atoms with van der Waals surface area (Å²) < 4.78 is 97.6. The Labute approximate surface area is 411 Å². The number of carboxylic acids is 1. The van der Waals surface area contributed by atoms with Crippen LogP contribution in [0.2, 0.25) is 5.28 Å². The Morgan fingerprint density at radius 1 is 0.884 bits per heavy atom. The van der Waals surface area contributed by atoms with Crippen LogP contribution >= 0.6 is 11.6 Å². The van der Waals surface area contributed by atoms with Crippen molar-refractivity contribution < 1.29 is 57.8 Å². The second kappa shape index (κ2) is 25.6. The number of aliphatic carboxylic acids is 1. The Kier molecular flexibility index (Phi) is 20.9. The average molecular weight is 1030 g/mol. The van der Waals surface area contributed by atoms with E-state index in [2.05, 4.69) is 76.0 Å². The van der Waals surface area contributed by atoms with Crippen molar-refractivity contribution in [1.82, 2.24) is 15.0 Å². The van der Waals surface area contributed by atoms with Crippen LogP contribution in [0.1, 0.15) is 122 Å². The number of para-hydroxylation sites is 1. The first-order valence-corrected chi connectivity index (χ1v) is 27.1. The molecule has 3 heterocycles. The van der Waals surface area contributed by atoms with E-state index in [0.29, 0.717) is 74.9 Å². The molecule has 18 nitrogen and oxygen atoms in total. The number of unbranched alkanes of at least 4 members (excludes halogenated alkanes) is 5. The van der Waals surface area contributed by atoms with E-state index in [0.717, 1.165) is 31.5 Å². The second-order valence-corrected chi connectivity index (χ2v) is 21.2. The maximum absolute atomic E-state index is 12.9. The van der Waals surface area contributed by atoms with Crippen molar-refractivity contribution >= 4 is 77.2 Å². The number of hydrogen-bond acceptors (Lipinski definition) is 15. The molecule has 0 aliphatic carbocycles. The number of anilines is 2. The summed E-state index contributed by atoms with van der Waals surface area (Å²) in [4.78, 5) is 37.5. The fraction of sp³-hybridized carbons (Fsp3) is 0.489. The Bertz CT molecular complexity index is 2790. The van der Waals surface area contributed by atoms with Crippen LogP contribution in [-0.4, -0.2) is 106 Å². The number of aromatic nitrogens is 3. The summed E-state index contributed by atoms with van der Waals surface area (Å²) in [5, 5.41) is 11.4. The fourth-order valence-electron chi connectivity index (χ4n) is 8.77. The Morgan fingerprint density at radius 2 is 1.57 bits per heavy atom. The molecule has 5 rings (SSSR count). The summed E-state index contributed by atoms with van der Waals surface area (Å²) in [5.74, 6) is -0.847. The lowest BCUT2D eigenvalue weighted by Gasteiger charge is -2.30. The van der Waals surface area contributed by atoms with Gasteiger partial charge in [0.15, 0.2) is 5.71 Å². The lowest BCUT2D eigenvalue weighted by molar-refractivity contribution is -0.438. The van der Waals surface area contributed by atoms with Gasteiger partial charge in [0, 0.05) is 66.7 Å². The smallest absolute Gasteiger partial charge is 0.425 e. The van der Waals surface area contributed by atoms with Crippen molar-refractivity contribution in [1.29, 1.82) is 0 Å². The minimum Gasteiger partial charge on any atom is -0.744 e. The lowest BCUT2D eigenvalue weighted by Crippen LogP contribution is -2.30. The third kappa shape index (κ3) is 16.7. The maximum Gasteiger partial charge on any atom is 0.425 e. The number of nitrogens with zero attached hydrogens (tertiary/aromatic N) is 5. The molecule has 69 heavy (non-hydrogen) atoms. The number of benzene rings is 2. The molecule has 1 aromatic heterocycles. The molecule has 0 saturated heterocycles. The number of fused-ring (bicyclic) bond motifs is 2. The molecule has 0 amide bonds. The number of nitrogens with one attached hydrogen (secondary N) is 1. The van der Waals surface area contributed by atoms with Crippen LogP contribution in [-0.2, 0) is 57.7 Å². The first kappa shape index (κ1) is 56.4. The van der Waals surface area contributed by atoms with Gasteiger partial charge in [-0.25, -0.2) is 13.4 Å². The highest BCUT2D eigenvalue weighted by Gasteiger charge is 2.45. The molecule has 0 fully saturated rings. The molecule has 376 valence electrons. The molecule has 2 aromatic carbocycles. The van der Waals surface area contributed by atoms with Gasteiger partial charge in [-0.05, 0) is 94.3 Å². The maximum atomic E-state index is 12.9. The first-order valence-electron chi connectivity index (χ1n) is 22.8. The molecule has 3 aromatic rings. The largest absolute Gasteiger partial charge is 0.744 e. The zero-order valence-corrected chi connectivity index (χ0v) is 42.5. The highest BCUT2D eigenvalue weighted by molar-refractivity contribution is 7.86. The normalized spacial score (nSPS) is 17.0. The van der Waals surface area contributed by atoms with Crippen LogP contribution in [0.25, 0.3) is 0 Å². The van der Waals surface area contributed by atoms with E-state index in [1.54, 1.807) is 6.07 Å². The zero-order chi connectivity index (χ0) is 51.0. The van der Waals surface area contributed by atoms with E-state index >= 15 is 0 Å². The van der Waals surface area contributed by atoms with Gasteiger partial charge in [-0.3, -0.25) is 14.1 Å². The van der Waals surface area contributed by atoms with Crippen molar-refractivity contribution in [2.45, 2.75) is 127 Å². The molecule has 0 radical (unpaired) electrons. The number of Topliss-reactive ketones (excluding diaryl/α,β-unsaturated/α-hetero) is 1. The van der Waals surface area contributed by atoms with E-state index in [9.17, 15) is 35.5 Å². The zero-order valence-electron chi connectivity index (χ0n) is 39.3. The molecule has 1 atom stereocenters. The fourth-order valence-corrected chi connectivity index (χ4v) is 9.94. The van der Waals surface area contributed by atoms with Crippen molar-refractivity contribution in [2.24, 2.45) is 0 Å². The highest BCUT2D eigenvalue weighted by atomic mass is 35.5. The molecule has 1 unspecified atom stereocenters. The molecule has 0 spiro atoms. The minimum absolute atomic E-state index is 0.0336. The standard InChI is InChI=1S/C47H61ClN6O9S2.O3S/c1-5-6-29-53-38-22-16-15-21-36(38)46(2,3)40(53)23-12-8-13-24-41-47(4,37-32-35(65(61,62)63)26-27-39(37)54(41)30-18-31-64(58,59)60)28-17-9-11-20-34(55)19-10-7-14-25-42-50-44(48)52-45(51-42)49-33-43(56)57;1-4(2)3/h8,12-13,15-16,21-24,26-27,32H,5-7,9-11,14,17-20,25,28-31,33H2,1-4H3,(H3-,49,50,51,52,56,57,58,59,60,61,62,63);. The lowest BCUT2D eigenvalue weighted by atomic mass is 9.77. The van der Waals surface area contributed by atoms with Gasteiger partial charge in [-0.15, -0.1) is 12.6 Å². The minimum atomic E-state index is -4.79. The van der Waals surface area contributed by atoms with E-state index in [1.807, 2.05) is 36.1 Å². The third-order valence-corrected chi connectivity index (χ3v) is 13.9. The average Bonchev–Trinajstić information content (AvgIpc) is 3.62. The quantitative estimate of drug-likeness (QED) is 0.0304. The van der Waals surface area contributed by atoms with Gasteiger partial charge in [0.1, 0.15) is 34.8 Å². The van der Waals surface area contributed by atoms with E-state index in [-0.39, 0.29) is 46.8 Å². The van der Waals surface area contributed by atoms with Gasteiger partial charge >= 0.3 is 16.6 Å². The number of carbonyl (C=O) groups excluding carboxylic acids is 1. The number of allylic oxidation sites excluding steroid dienone is 6. The van der Waals surface area contributed by atoms with Crippen molar-refractivity contribution in [3.63, 3.8) is 0 Å². The SMILES string of the molecule is CCCC[N+]1=C(/C=C/C=C/C=C2/N(CCCS(=O)(=O)O)c3ccc(S(=O)(=O)[O-])cc3C2(C)CCCCCC(=O)CCCCCc2nc(Cl)nc(NCC(=O)O)n2)C(C)(C)c2ccccc21.O=S(=O)=O. The summed E-state index contributed by atoms with van der Waals surface area (Å²) in [6.45, 7) is 9.38. The van der Waals surface area contributed by atoms with E-state index in [4.69, 9.17) is 29.3 Å². The van der Waals surface area contributed by atoms with Crippen LogP contribution in [0.15, 0.2) is 83.4 Å². The van der Waals surface area contributed by atoms with Crippen LogP contribution in [0.3, 0.4) is 0 Å². The monoisotopic (exact) mass is 1030 g/mol. The summed E-state index contributed by atoms with van der Waals surface area (Å²) in [6.07, 6.45) is 18.2. The van der Waals surface area contributed by atoms with Crippen molar-refractivity contribution in [3.8, 4) is 0 Å². The summed E-state index contributed by atoms with van der Waals surface area (Å²) in [6, 6.07) is 12.8. The van der Waals surface area contributed by atoms with Crippen molar-refractivity contribution in [2.75, 3.05) is 35.6 Å². The Hall–Kier alpha value is -5.19. The Morgan fingerprint density at radius 3 is 2.22 bits per heavy atom. The first-order chi connectivity index (χ1) is 32.5. The molecule has 2 aliphatic rings. The van der Waals surface area contributed by atoms with Crippen LogP contribution in [0.5, 0.6) is 0 Å². The molecular formula is C47H61ClN6O12S3. The van der Waals surface area contributed by atoms with E-state index < -0.39 is 48.0 Å². The van der Waals surface area contributed by atoms with Crippen molar-refractivity contribution in [3.05, 3.63) is 101 Å². The summed E-state index contributed by atoms with van der Waals surface area (Å²) in [5.41, 5.74) is 4.74. The predicted molar refractivity (Wildman–Crippen MR) is 262 cm³/mol. The van der Waals surface area contributed by atoms with Crippen LogP contribution in [0, 0.1) is 0 Å². The number of aryl methyl sites for hydroxylation is 1. The summed E-state index contributed by atoms with van der Waals surface area (Å²) in [7, 11) is -12.1. The number of rotatable bonds is 26. The van der Waals surface area contributed by atoms with Crippen LogP contribution < -0.4 is 10.2 Å². The number of carbonyl (C=O) groups is 2. The van der Waals surface area contributed by atoms with Gasteiger partial charge in [0.05, 0.1) is 16.1 Å². The molecule has 0 bridgehead atoms. The Balaban J connectivity index is 0.00000249. The summed E-state index contributed by atoms with van der Waals surface area (Å²) >= 11 is 5.97. The molecular weight excluding hydrogens is 972 g/mol. The van der Waals surface area contributed by atoms with Crippen LogP contribution in [0.4, 0.5) is 17.3 Å². The third-order valence-electron chi connectivity index (χ3n) is 12.1. The van der Waals surface area contributed by atoms with Gasteiger partial charge in [-0.1, -0.05) is 69.0 Å². The second-order valence-electron chi connectivity index (χ2n) is 17.5. The van der Waals surface area contributed by atoms with Gasteiger partial charge in [0.2, 0.25) is 16.9 Å². The molecule has 3 N–H and O–H groups in total. The molecule has 22 heteroatoms. The van der Waals surface area contributed by atoms with Gasteiger partial charge in [-0.2, -0.15) is 23.0 Å². The van der Waals surface area contributed by atoms with E-state index in [1.165, 1.54) is 29.1 Å². The number of hydrogen-bond donors (Lipinski definition) is 3. The highest BCUT2D eigenvalue weighted by Crippen LogP contribution is 2.51. The topological polar surface area (TPSA) is 274 Å². The predicted octanol–water partition coefficient (Wildman–Crippen LogP) is 7.47. The number of halogens is 1. The number of carboxylic acid groups (broad SMARTS) is 1. The molecule has 2 aliphatic heterocycles. The van der Waals surface area contributed by atoms with Gasteiger partial charge in [0.25, 0.3) is 10.1 Å².